The molecule has 328 valence electrons. The van der Waals surface area contributed by atoms with E-state index in [2.05, 4.69) is 9.97 Å². The van der Waals surface area contributed by atoms with Crippen molar-refractivity contribution in [2.75, 3.05) is 33.5 Å². The molecule has 0 aromatic carbocycles. The number of fused-ring (bicyclic) bond motifs is 1. The average Bonchev–Trinajstić information content (AvgIpc) is 3.77. The van der Waals surface area contributed by atoms with Crippen LogP contribution >= 0.6 is 0 Å². The van der Waals surface area contributed by atoms with Crippen LogP contribution in [0.5, 0.6) is 0 Å². The molecule has 3 N–H and O–H groups in total. The first kappa shape index (κ1) is 46.1. The second kappa shape index (κ2) is 18.8. The fourth-order valence-corrected chi connectivity index (χ4v) is 9.47. The number of aliphatic hydroxyl groups is 1. The number of nitrogen functional groups attached to an aromatic ring is 1. The Morgan fingerprint density at radius 2 is 1.69 bits per heavy atom. The number of pyridine rings is 1. The molecular formula is C43H66N6O10. The van der Waals surface area contributed by atoms with Gasteiger partial charge in [-0.2, -0.15) is 0 Å². The fraction of sp³-hybridized carbons (Fsp3) is 0.721. The van der Waals surface area contributed by atoms with Crippen LogP contribution < -0.4 is 5.73 Å². The Morgan fingerprint density at radius 3 is 2.32 bits per heavy atom. The van der Waals surface area contributed by atoms with Crippen LogP contribution in [0.1, 0.15) is 87.5 Å². The number of hydrogen-bond acceptors (Lipinski definition) is 14. The van der Waals surface area contributed by atoms with E-state index >= 15 is 0 Å². The van der Waals surface area contributed by atoms with Crippen molar-refractivity contribution < 1.29 is 48.0 Å². The maximum Gasteiger partial charge on any atom is 0.410 e. The molecule has 59 heavy (non-hydrogen) atoms. The van der Waals surface area contributed by atoms with E-state index < -0.39 is 83.4 Å². The smallest absolute Gasteiger partial charge is 0.410 e. The highest BCUT2D eigenvalue weighted by Gasteiger charge is 2.60. The van der Waals surface area contributed by atoms with Crippen LogP contribution in [-0.4, -0.2) is 135 Å². The molecule has 3 fully saturated rings. The topological polar surface area (TPSA) is 198 Å². The number of rotatable bonds is 11. The van der Waals surface area contributed by atoms with Crippen LogP contribution in [0.2, 0.25) is 0 Å². The van der Waals surface area contributed by atoms with Crippen LogP contribution in [0.15, 0.2) is 30.9 Å². The van der Waals surface area contributed by atoms with Crippen LogP contribution in [0.4, 0.5) is 10.6 Å². The zero-order chi connectivity index (χ0) is 43.6. The number of Topliss-reactive ketones (excluding diaryl/α,β-unsaturated/α-hetero) is 2. The largest absolute Gasteiger partial charge is 0.458 e. The van der Waals surface area contributed by atoms with E-state index in [4.69, 9.17) is 29.4 Å². The van der Waals surface area contributed by atoms with E-state index in [0.29, 0.717) is 31.6 Å². The number of hydrogen-bond donors (Lipinski definition) is 2. The lowest BCUT2D eigenvalue weighted by Crippen LogP contribution is -2.60. The molecule has 2 aromatic rings. The van der Waals surface area contributed by atoms with Gasteiger partial charge in [-0.05, 0) is 86.0 Å². The van der Waals surface area contributed by atoms with Crippen molar-refractivity contribution in [1.82, 2.24) is 24.3 Å². The summed E-state index contributed by atoms with van der Waals surface area (Å²) in [6.45, 7) is 14.9. The molecule has 5 rings (SSSR count). The molecule has 16 nitrogen and oxygen atoms in total. The molecule has 0 bridgehead atoms. The summed E-state index contributed by atoms with van der Waals surface area (Å²) in [5.74, 6) is -4.57. The van der Waals surface area contributed by atoms with Gasteiger partial charge in [-0.1, -0.05) is 27.7 Å². The fourth-order valence-electron chi connectivity index (χ4n) is 9.47. The van der Waals surface area contributed by atoms with E-state index in [1.54, 1.807) is 58.1 Å². The monoisotopic (exact) mass is 826 g/mol. The molecule has 3 aliphatic heterocycles. The maximum atomic E-state index is 14.7. The molecule has 13 atom stereocenters. The summed E-state index contributed by atoms with van der Waals surface area (Å²) in [6, 6.07) is 2.50. The summed E-state index contributed by atoms with van der Waals surface area (Å²) in [5, 5.41) is 11.4. The van der Waals surface area contributed by atoms with Gasteiger partial charge in [-0.25, -0.2) is 14.8 Å². The van der Waals surface area contributed by atoms with Crippen molar-refractivity contribution >= 4 is 29.4 Å². The van der Waals surface area contributed by atoms with Crippen molar-refractivity contribution in [3.05, 3.63) is 30.9 Å². The predicted molar refractivity (Wildman–Crippen MR) is 219 cm³/mol. The predicted octanol–water partition coefficient (Wildman–Crippen LogP) is 4.51. The van der Waals surface area contributed by atoms with Gasteiger partial charge in [0.15, 0.2) is 17.7 Å². The Labute approximate surface area is 348 Å². The SMILES string of the molecule is CC[C@H]1OC(=O)[C@H](C)C(=O)[C@H](C)C(OC2O[C@H](C)C[C@H](N(C)C)[C@H]2O)[C@@](C)(OC)C[C@@H](C)C(=O)[C@H](C)[C@H]2N(CCCCn3cnc(-c4ccc(N)nc4)c3)C(=O)O[C@]12C. The summed E-state index contributed by atoms with van der Waals surface area (Å²) in [4.78, 5) is 69.0. The number of aliphatic hydroxyl groups excluding tert-OH is 1. The molecular weight excluding hydrogens is 761 g/mol. The molecule has 0 aliphatic carbocycles. The Morgan fingerprint density at radius 1 is 1.00 bits per heavy atom. The van der Waals surface area contributed by atoms with Crippen molar-refractivity contribution in [2.45, 2.75) is 148 Å². The number of nitrogens with two attached hydrogens (primary N) is 1. The van der Waals surface area contributed by atoms with E-state index in [-0.39, 0.29) is 37.3 Å². The van der Waals surface area contributed by atoms with Gasteiger partial charge in [0.1, 0.15) is 29.7 Å². The Bertz CT molecular complexity index is 1790. The van der Waals surface area contributed by atoms with Crippen molar-refractivity contribution in [3.8, 4) is 11.3 Å². The standard InChI is InChI=1S/C43H66N6O10/c1-12-32-43(8)37(49(41(54)59-43)18-14-13-17-48-22-30(46-23-48)29-15-16-33(44)45-21-29)26(4)34(50)24(2)20-42(7,55-11)38(27(5)35(51)28(6)39(53)57-32)58-40-36(52)31(47(9)10)19-25(3)56-40/h15-16,21-28,31-32,36-38,40,52H,12-14,17-20H2,1-11H3,(H2,44,45)/t24-,25-,26+,27+,28-,31+,32-,36-,37-,38?,40?,42+,43-/m1/s1. The first-order valence-electron chi connectivity index (χ1n) is 21.0. The molecule has 0 saturated carbocycles. The minimum atomic E-state index is -1.41. The number of aryl methyl sites for hydroxylation is 1. The van der Waals surface area contributed by atoms with Gasteiger partial charge in [-0.3, -0.25) is 14.4 Å². The van der Waals surface area contributed by atoms with Crippen molar-refractivity contribution in [1.29, 1.82) is 0 Å². The molecule has 0 spiro atoms. The molecule has 5 heterocycles. The lowest BCUT2D eigenvalue weighted by Gasteiger charge is -2.47. The first-order valence-corrected chi connectivity index (χ1v) is 21.0. The second-order valence-electron chi connectivity index (χ2n) is 17.6. The Hall–Kier alpha value is -3.96. The number of carbonyl (C=O) groups is 4. The number of nitrogens with zero attached hydrogens (tertiary/aromatic N) is 5. The number of imidazole rings is 1. The van der Waals surface area contributed by atoms with Crippen LogP contribution in [-0.2, 0) is 44.6 Å². The minimum Gasteiger partial charge on any atom is -0.458 e. The highest BCUT2D eigenvalue weighted by atomic mass is 16.7. The van der Waals surface area contributed by atoms with Gasteiger partial charge in [0.25, 0.3) is 0 Å². The number of unbranched alkanes of at least 4 members (excludes halogenated alkanes) is 1. The van der Waals surface area contributed by atoms with Gasteiger partial charge in [-0.15, -0.1) is 0 Å². The van der Waals surface area contributed by atoms with Crippen LogP contribution in [0.25, 0.3) is 11.3 Å². The van der Waals surface area contributed by atoms with E-state index in [1.165, 1.54) is 14.0 Å². The van der Waals surface area contributed by atoms with E-state index in [9.17, 15) is 24.3 Å². The summed E-state index contributed by atoms with van der Waals surface area (Å²) in [7, 11) is 5.23. The number of cyclic esters (lactones) is 1. The number of ether oxygens (including phenoxy) is 5. The van der Waals surface area contributed by atoms with Gasteiger partial charge in [0, 0.05) is 62.0 Å². The lowest BCUT2D eigenvalue weighted by atomic mass is 9.73. The normalized spacial score (nSPS) is 36.3. The number of anilines is 1. The maximum absolute atomic E-state index is 14.7. The number of carbonyl (C=O) groups excluding carboxylic acids is 4. The molecule has 3 aliphatic rings. The van der Waals surface area contributed by atoms with E-state index in [0.717, 1.165) is 11.3 Å². The van der Waals surface area contributed by atoms with Crippen LogP contribution in [0, 0.1) is 23.7 Å². The number of aromatic nitrogens is 3. The number of esters is 1. The number of methoxy groups -OCH3 is 1. The number of likely N-dealkylation sites (N-methyl/N-ethyl adjacent to an activating group) is 1. The van der Waals surface area contributed by atoms with Crippen LogP contribution in [0.3, 0.4) is 0 Å². The minimum absolute atomic E-state index is 0.123. The molecule has 16 heteroatoms. The number of amides is 1. The van der Waals surface area contributed by atoms with Gasteiger partial charge < -0.3 is 48.9 Å². The van der Waals surface area contributed by atoms with E-state index in [1.807, 2.05) is 49.7 Å². The quantitative estimate of drug-likeness (QED) is 0.182. The molecule has 3 saturated heterocycles. The molecule has 2 aromatic heterocycles. The zero-order valence-electron chi connectivity index (χ0n) is 36.6. The first-order chi connectivity index (χ1) is 27.8. The summed E-state index contributed by atoms with van der Waals surface area (Å²) >= 11 is 0. The third-order valence-electron chi connectivity index (χ3n) is 12.9. The van der Waals surface area contributed by atoms with Crippen molar-refractivity contribution in [3.63, 3.8) is 0 Å². The lowest BCUT2D eigenvalue weighted by molar-refractivity contribution is -0.295. The zero-order valence-corrected chi connectivity index (χ0v) is 36.6. The molecule has 2 unspecified atom stereocenters. The van der Waals surface area contributed by atoms with Gasteiger partial charge >= 0.3 is 12.1 Å². The Balaban J connectivity index is 1.43. The average molecular weight is 827 g/mol. The van der Waals surface area contributed by atoms with Gasteiger partial charge in [0.2, 0.25) is 0 Å². The highest BCUT2D eigenvalue weighted by molar-refractivity contribution is 6.00. The van der Waals surface area contributed by atoms with Crippen molar-refractivity contribution in [2.24, 2.45) is 23.7 Å². The highest BCUT2D eigenvalue weighted by Crippen LogP contribution is 2.43. The third kappa shape index (κ3) is 9.67. The second-order valence-corrected chi connectivity index (χ2v) is 17.6. The third-order valence-corrected chi connectivity index (χ3v) is 12.9. The summed E-state index contributed by atoms with van der Waals surface area (Å²) in [6.07, 6.45) is 2.50. The molecule has 1 amide bonds. The van der Waals surface area contributed by atoms with Gasteiger partial charge in [0.05, 0.1) is 35.9 Å². The summed E-state index contributed by atoms with van der Waals surface area (Å²) < 4.78 is 33.2. The molecule has 0 radical (unpaired) electrons. The number of ketones is 2. The Kier molecular flexibility index (Phi) is 14.7. The summed E-state index contributed by atoms with van der Waals surface area (Å²) in [5.41, 5.74) is 4.66.